The van der Waals surface area contributed by atoms with Crippen LogP contribution in [0.1, 0.15) is 12.5 Å². The van der Waals surface area contributed by atoms with E-state index in [0.29, 0.717) is 11.5 Å². The van der Waals surface area contributed by atoms with Crippen LogP contribution in [-0.2, 0) is 27.4 Å². The number of nitrogens with one attached hydrogen (secondary N) is 1. The lowest BCUT2D eigenvalue weighted by atomic mass is 10.2. The van der Waals surface area contributed by atoms with E-state index in [1.54, 1.807) is 12.1 Å². The van der Waals surface area contributed by atoms with Gasteiger partial charge in [0.2, 0.25) is 6.79 Å². The highest BCUT2D eigenvalue weighted by molar-refractivity contribution is 5.83. The number of carbonyl (C=O) groups is 2. The molecule has 10 heteroatoms. The number of esters is 1. The summed E-state index contributed by atoms with van der Waals surface area (Å²) >= 11 is 0. The summed E-state index contributed by atoms with van der Waals surface area (Å²) in [6, 6.07) is 5.39. The van der Waals surface area contributed by atoms with Crippen LogP contribution in [0.3, 0.4) is 0 Å². The summed E-state index contributed by atoms with van der Waals surface area (Å²) in [5.74, 6) is 0.309. The third-order valence-electron chi connectivity index (χ3n) is 3.26. The smallest absolute Gasteiger partial charge is 0.328 e. The first-order valence-electron chi connectivity index (χ1n) is 7.18. The lowest BCUT2D eigenvalue weighted by molar-refractivity contribution is -0.155. The number of hydrogen-bond acceptors (Lipinski definition) is 8. The Labute approximate surface area is 136 Å². The summed E-state index contributed by atoms with van der Waals surface area (Å²) in [7, 11) is 0. The SMILES string of the molecule is C[C@H](OC(=O)Cn1cnnn1)C(=O)NCc1ccc2c(c1)OCO2. The standard InChI is InChI=1S/C14H15N5O5/c1-9(24-13(20)6-19-7-16-17-18-19)14(21)15-5-10-2-3-11-12(4-10)23-8-22-11/h2-4,7,9H,5-6,8H2,1H3,(H,15,21)/t9-/m0/s1. The van der Waals surface area contributed by atoms with Crippen LogP contribution in [0.5, 0.6) is 11.5 Å². The van der Waals surface area contributed by atoms with Crippen LogP contribution in [0.25, 0.3) is 0 Å². The third-order valence-corrected chi connectivity index (χ3v) is 3.26. The molecule has 0 bridgehead atoms. The third kappa shape index (κ3) is 3.77. The normalized spacial score (nSPS) is 13.4. The van der Waals surface area contributed by atoms with Crippen LogP contribution in [0, 0.1) is 0 Å². The van der Waals surface area contributed by atoms with Gasteiger partial charge in [0.05, 0.1) is 0 Å². The van der Waals surface area contributed by atoms with Crippen molar-refractivity contribution in [2.24, 2.45) is 0 Å². The Hall–Kier alpha value is -3.17. The number of carbonyl (C=O) groups excluding carboxylic acids is 2. The van der Waals surface area contributed by atoms with Crippen molar-refractivity contribution in [2.75, 3.05) is 6.79 Å². The summed E-state index contributed by atoms with van der Waals surface area (Å²) < 4.78 is 16.7. The molecule has 1 aromatic carbocycles. The second-order valence-corrected chi connectivity index (χ2v) is 5.04. The summed E-state index contributed by atoms with van der Waals surface area (Å²) in [5.41, 5.74) is 0.847. The van der Waals surface area contributed by atoms with Crippen LogP contribution in [0.2, 0.25) is 0 Å². The fraction of sp³-hybridized carbons (Fsp3) is 0.357. The maximum absolute atomic E-state index is 12.0. The fourth-order valence-electron chi connectivity index (χ4n) is 2.06. The lowest BCUT2D eigenvalue weighted by Gasteiger charge is -2.13. The predicted molar refractivity (Wildman–Crippen MR) is 77.8 cm³/mol. The van der Waals surface area contributed by atoms with Crippen molar-refractivity contribution >= 4 is 11.9 Å². The van der Waals surface area contributed by atoms with Crippen LogP contribution >= 0.6 is 0 Å². The number of ether oxygens (including phenoxy) is 3. The topological polar surface area (TPSA) is 117 Å². The van der Waals surface area contributed by atoms with Crippen molar-refractivity contribution in [3.8, 4) is 11.5 Å². The molecule has 0 saturated heterocycles. The molecule has 24 heavy (non-hydrogen) atoms. The van der Waals surface area contributed by atoms with E-state index in [1.807, 2.05) is 6.07 Å². The molecule has 126 valence electrons. The maximum atomic E-state index is 12.0. The summed E-state index contributed by atoms with van der Waals surface area (Å²) in [6.07, 6.45) is 0.356. The van der Waals surface area contributed by atoms with Gasteiger partial charge in [-0.15, -0.1) is 5.10 Å². The molecule has 3 rings (SSSR count). The number of benzene rings is 1. The Bertz CT molecular complexity index is 733. The van der Waals surface area contributed by atoms with E-state index >= 15 is 0 Å². The van der Waals surface area contributed by atoms with Crippen LogP contribution < -0.4 is 14.8 Å². The van der Waals surface area contributed by atoms with Crippen molar-refractivity contribution in [3.63, 3.8) is 0 Å². The zero-order valence-corrected chi connectivity index (χ0v) is 12.8. The summed E-state index contributed by atoms with van der Waals surface area (Å²) in [4.78, 5) is 23.7. The Kier molecular flexibility index (Phi) is 4.54. The van der Waals surface area contributed by atoms with Gasteiger partial charge in [0, 0.05) is 6.54 Å². The minimum absolute atomic E-state index is 0.160. The summed E-state index contributed by atoms with van der Waals surface area (Å²) in [6.45, 7) is 1.81. The van der Waals surface area contributed by atoms with E-state index in [1.165, 1.54) is 17.9 Å². The van der Waals surface area contributed by atoms with Crippen molar-refractivity contribution < 1.29 is 23.8 Å². The number of fused-ring (bicyclic) bond motifs is 1. The maximum Gasteiger partial charge on any atom is 0.328 e. The van der Waals surface area contributed by atoms with E-state index in [-0.39, 0.29) is 19.9 Å². The van der Waals surface area contributed by atoms with E-state index in [4.69, 9.17) is 14.2 Å². The molecule has 0 aliphatic carbocycles. The Morgan fingerprint density at radius 3 is 3.00 bits per heavy atom. The molecule has 0 saturated carbocycles. The minimum Gasteiger partial charge on any atom is -0.454 e. The van der Waals surface area contributed by atoms with Gasteiger partial charge < -0.3 is 19.5 Å². The molecule has 1 aliphatic heterocycles. The zero-order valence-electron chi connectivity index (χ0n) is 12.8. The predicted octanol–water partition coefficient (Wildman–Crippen LogP) is -0.350. The highest BCUT2D eigenvalue weighted by Gasteiger charge is 2.19. The average molecular weight is 333 g/mol. The van der Waals surface area contributed by atoms with Crippen LogP contribution in [0.4, 0.5) is 0 Å². The van der Waals surface area contributed by atoms with Crippen molar-refractivity contribution in [1.29, 1.82) is 0 Å². The van der Waals surface area contributed by atoms with Crippen molar-refractivity contribution in [3.05, 3.63) is 30.1 Å². The minimum atomic E-state index is -0.928. The van der Waals surface area contributed by atoms with Crippen molar-refractivity contribution in [2.45, 2.75) is 26.1 Å². The van der Waals surface area contributed by atoms with Gasteiger partial charge in [0.1, 0.15) is 12.9 Å². The number of aromatic nitrogens is 4. The zero-order chi connectivity index (χ0) is 16.9. The first-order chi connectivity index (χ1) is 11.6. The van der Waals surface area contributed by atoms with Gasteiger partial charge >= 0.3 is 5.97 Å². The molecule has 1 atom stereocenters. The quantitative estimate of drug-likeness (QED) is 0.713. The van der Waals surface area contributed by atoms with Crippen molar-refractivity contribution in [1.82, 2.24) is 25.5 Å². The van der Waals surface area contributed by atoms with Crippen LogP contribution in [-0.4, -0.2) is 45.0 Å². The second-order valence-electron chi connectivity index (χ2n) is 5.04. The second kappa shape index (κ2) is 6.94. The number of hydrogen-bond donors (Lipinski definition) is 1. The molecule has 1 aliphatic rings. The molecule has 0 spiro atoms. The van der Waals surface area contributed by atoms with Gasteiger partial charge in [0.25, 0.3) is 5.91 Å². The van der Waals surface area contributed by atoms with Crippen LogP contribution in [0.15, 0.2) is 24.5 Å². The molecule has 1 aromatic heterocycles. The van der Waals surface area contributed by atoms with Gasteiger partial charge in [0.15, 0.2) is 17.6 Å². The number of nitrogens with zero attached hydrogens (tertiary/aromatic N) is 4. The Morgan fingerprint density at radius 2 is 2.21 bits per heavy atom. The molecule has 1 amide bonds. The van der Waals surface area contributed by atoms with E-state index in [9.17, 15) is 9.59 Å². The number of rotatable bonds is 6. The molecular formula is C14H15N5O5. The van der Waals surface area contributed by atoms with Gasteiger partial charge in [-0.05, 0) is 35.0 Å². The molecular weight excluding hydrogens is 318 g/mol. The van der Waals surface area contributed by atoms with E-state index < -0.39 is 18.0 Å². The Balaban J connectivity index is 1.46. The van der Waals surface area contributed by atoms with Gasteiger partial charge in [-0.2, -0.15) is 0 Å². The van der Waals surface area contributed by atoms with Gasteiger partial charge in [-0.3, -0.25) is 9.59 Å². The molecule has 2 aromatic rings. The highest BCUT2D eigenvalue weighted by atomic mass is 16.7. The first-order valence-corrected chi connectivity index (χ1v) is 7.18. The molecule has 0 unspecified atom stereocenters. The van der Waals surface area contributed by atoms with E-state index in [2.05, 4.69) is 20.8 Å². The molecule has 1 N–H and O–H groups in total. The van der Waals surface area contributed by atoms with E-state index in [0.717, 1.165) is 5.56 Å². The largest absolute Gasteiger partial charge is 0.454 e. The molecule has 2 heterocycles. The fourth-order valence-corrected chi connectivity index (χ4v) is 2.06. The average Bonchev–Trinajstić information content (AvgIpc) is 3.23. The monoisotopic (exact) mass is 333 g/mol. The number of tetrazole rings is 1. The Morgan fingerprint density at radius 1 is 1.38 bits per heavy atom. The molecule has 10 nitrogen and oxygen atoms in total. The first kappa shape index (κ1) is 15.7. The van der Waals surface area contributed by atoms with Gasteiger partial charge in [-0.1, -0.05) is 6.07 Å². The lowest BCUT2D eigenvalue weighted by Crippen LogP contribution is -2.36. The molecule has 0 radical (unpaired) electrons. The highest BCUT2D eigenvalue weighted by Crippen LogP contribution is 2.32. The van der Waals surface area contributed by atoms with Gasteiger partial charge in [-0.25, -0.2) is 4.68 Å². The number of amides is 1. The summed E-state index contributed by atoms with van der Waals surface area (Å²) in [5, 5.41) is 13.0. The molecule has 0 fully saturated rings.